The number of pyridine rings is 1. The van der Waals surface area contributed by atoms with Crippen LogP contribution in [-0.4, -0.2) is 33.9 Å². The lowest BCUT2D eigenvalue weighted by Crippen LogP contribution is -2.31. The first-order chi connectivity index (χ1) is 9.50. The highest BCUT2D eigenvalue weighted by Crippen LogP contribution is 2.22. The first-order valence-electron chi connectivity index (χ1n) is 6.61. The van der Waals surface area contributed by atoms with Crippen molar-refractivity contribution in [2.75, 3.05) is 13.7 Å². The van der Waals surface area contributed by atoms with E-state index in [1.807, 2.05) is 31.4 Å². The number of halogens is 1. The maximum absolute atomic E-state index is 6.00. The summed E-state index contributed by atoms with van der Waals surface area (Å²) < 4.78 is 12.9. The standard InChI is InChI=1S/C14H20ClN3O2/c1-5-20-14(2,3)9-18-11(8-15)16-10-6-7-12(19-4)17-13(10)18/h6-7H,5,8-9H2,1-4H3. The number of imidazole rings is 1. The van der Waals surface area contributed by atoms with Gasteiger partial charge in [0.05, 0.1) is 25.1 Å². The molecule has 5 nitrogen and oxygen atoms in total. The van der Waals surface area contributed by atoms with Crippen LogP contribution in [0.4, 0.5) is 0 Å². The largest absolute Gasteiger partial charge is 0.481 e. The van der Waals surface area contributed by atoms with Crippen LogP contribution in [0.15, 0.2) is 12.1 Å². The molecule has 0 N–H and O–H groups in total. The minimum atomic E-state index is -0.312. The molecule has 110 valence electrons. The normalized spacial score (nSPS) is 12.1. The highest BCUT2D eigenvalue weighted by Gasteiger charge is 2.22. The zero-order valence-electron chi connectivity index (χ0n) is 12.3. The molecule has 0 saturated heterocycles. The van der Waals surface area contributed by atoms with Gasteiger partial charge in [-0.1, -0.05) is 0 Å². The molecule has 20 heavy (non-hydrogen) atoms. The Kier molecular flexibility index (Phi) is 4.50. The van der Waals surface area contributed by atoms with Crippen molar-refractivity contribution in [3.05, 3.63) is 18.0 Å². The van der Waals surface area contributed by atoms with E-state index in [4.69, 9.17) is 21.1 Å². The van der Waals surface area contributed by atoms with Crippen molar-refractivity contribution in [2.45, 2.75) is 38.8 Å². The lowest BCUT2D eigenvalue weighted by Gasteiger charge is -2.26. The third-order valence-corrected chi connectivity index (χ3v) is 3.29. The van der Waals surface area contributed by atoms with Gasteiger partial charge in [-0.15, -0.1) is 11.6 Å². The van der Waals surface area contributed by atoms with Crippen molar-refractivity contribution >= 4 is 22.8 Å². The first-order valence-corrected chi connectivity index (χ1v) is 7.14. The van der Waals surface area contributed by atoms with Crippen LogP contribution in [0.3, 0.4) is 0 Å². The third-order valence-electron chi connectivity index (χ3n) is 3.05. The van der Waals surface area contributed by atoms with E-state index in [9.17, 15) is 0 Å². The maximum Gasteiger partial charge on any atom is 0.215 e. The number of ether oxygens (including phenoxy) is 2. The van der Waals surface area contributed by atoms with Gasteiger partial charge in [0.1, 0.15) is 11.3 Å². The lowest BCUT2D eigenvalue weighted by molar-refractivity contribution is -0.0221. The molecule has 0 amide bonds. The Balaban J connectivity index is 2.48. The van der Waals surface area contributed by atoms with Gasteiger partial charge in [0.15, 0.2) is 5.65 Å². The number of nitrogens with zero attached hydrogens (tertiary/aromatic N) is 3. The van der Waals surface area contributed by atoms with Crippen molar-refractivity contribution in [2.24, 2.45) is 0 Å². The number of methoxy groups -OCH3 is 1. The molecule has 2 heterocycles. The average molecular weight is 298 g/mol. The maximum atomic E-state index is 6.00. The van der Waals surface area contributed by atoms with Gasteiger partial charge in [-0.05, 0) is 26.8 Å². The monoisotopic (exact) mass is 297 g/mol. The molecule has 0 aliphatic rings. The van der Waals surface area contributed by atoms with Gasteiger partial charge >= 0.3 is 0 Å². The minimum Gasteiger partial charge on any atom is -0.481 e. The number of hydrogen-bond acceptors (Lipinski definition) is 4. The molecule has 6 heteroatoms. The van der Waals surface area contributed by atoms with Crippen molar-refractivity contribution in [1.29, 1.82) is 0 Å². The van der Waals surface area contributed by atoms with E-state index in [1.54, 1.807) is 13.2 Å². The van der Waals surface area contributed by atoms with E-state index in [0.717, 1.165) is 17.0 Å². The fraction of sp³-hybridized carbons (Fsp3) is 0.571. The summed E-state index contributed by atoms with van der Waals surface area (Å²) in [5.74, 6) is 1.69. The van der Waals surface area contributed by atoms with Gasteiger partial charge in [-0.2, -0.15) is 4.98 Å². The van der Waals surface area contributed by atoms with Crippen molar-refractivity contribution in [3.63, 3.8) is 0 Å². The Labute approximate surface area is 123 Å². The molecule has 2 aromatic rings. The van der Waals surface area contributed by atoms with E-state index >= 15 is 0 Å². The number of hydrogen-bond donors (Lipinski definition) is 0. The molecule has 0 bridgehead atoms. The molecule has 0 aliphatic heterocycles. The fourth-order valence-electron chi connectivity index (χ4n) is 2.23. The number of aromatic nitrogens is 3. The minimum absolute atomic E-state index is 0.312. The first kappa shape index (κ1) is 15.1. The van der Waals surface area contributed by atoms with Crippen LogP contribution in [0.1, 0.15) is 26.6 Å². The van der Waals surface area contributed by atoms with Gasteiger partial charge in [0, 0.05) is 12.7 Å². The summed E-state index contributed by atoms with van der Waals surface area (Å²) in [4.78, 5) is 8.98. The summed E-state index contributed by atoms with van der Waals surface area (Å²) in [6.07, 6.45) is 0. The summed E-state index contributed by atoms with van der Waals surface area (Å²) in [5, 5.41) is 0. The molecule has 0 unspecified atom stereocenters. The molecule has 2 rings (SSSR count). The van der Waals surface area contributed by atoms with Crippen LogP contribution in [-0.2, 0) is 17.2 Å². The van der Waals surface area contributed by atoms with Gasteiger partial charge in [-0.25, -0.2) is 4.98 Å². The van der Waals surface area contributed by atoms with E-state index in [2.05, 4.69) is 9.97 Å². The molecule has 2 aromatic heterocycles. The second-order valence-electron chi connectivity index (χ2n) is 5.14. The van der Waals surface area contributed by atoms with Crippen molar-refractivity contribution in [3.8, 4) is 5.88 Å². The molecular formula is C14H20ClN3O2. The molecule has 0 radical (unpaired) electrons. The summed E-state index contributed by atoms with van der Waals surface area (Å²) in [6, 6.07) is 3.69. The quantitative estimate of drug-likeness (QED) is 0.769. The zero-order valence-corrected chi connectivity index (χ0v) is 13.1. The smallest absolute Gasteiger partial charge is 0.215 e. The van der Waals surface area contributed by atoms with Gasteiger partial charge in [0.2, 0.25) is 5.88 Å². The van der Waals surface area contributed by atoms with Gasteiger partial charge in [-0.3, -0.25) is 0 Å². The van der Waals surface area contributed by atoms with Crippen LogP contribution in [0.5, 0.6) is 5.88 Å². The van der Waals surface area contributed by atoms with Crippen LogP contribution in [0.2, 0.25) is 0 Å². The molecular weight excluding hydrogens is 278 g/mol. The van der Waals surface area contributed by atoms with Crippen LogP contribution < -0.4 is 4.74 Å². The fourth-order valence-corrected chi connectivity index (χ4v) is 2.43. The SMILES string of the molecule is CCOC(C)(C)Cn1c(CCl)nc2ccc(OC)nc21. The third kappa shape index (κ3) is 3.04. The lowest BCUT2D eigenvalue weighted by atomic mass is 10.1. The Bertz CT molecular complexity index is 595. The average Bonchev–Trinajstić information content (AvgIpc) is 2.75. The highest BCUT2D eigenvalue weighted by atomic mass is 35.5. The molecule has 0 aliphatic carbocycles. The molecule has 0 spiro atoms. The van der Waals surface area contributed by atoms with E-state index in [1.165, 1.54) is 0 Å². The predicted octanol–water partition coefficient (Wildman–Crippen LogP) is 2.99. The molecule has 0 fully saturated rings. The van der Waals surface area contributed by atoms with Crippen LogP contribution in [0, 0.1) is 0 Å². The van der Waals surface area contributed by atoms with Crippen molar-refractivity contribution in [1.82, 2.24) is 14.5 Å². The summed E-state index contributed by atoms with van der Waals surface area (Å²) in [6.45, 7) is 7.37. The number of rotatable bonds is 6. The predicted molar refractivity (Wildman–Crippen MR) is 79.3 cm³/mol. The van der Waals surface area contributed by atoms with E-state index < -0.39 is 0 Å². The molecule has 0 atom stereocenters. The van der Waals surface area contributed by atoms with E-state index in [0.29, 0.717) is 24.9 Å². The Morgan fingerprint density at radius 2 is 2.05 bits per heavy atom. The zero-order chi connectivity index (χ0) is 14.8. The Hall–Kier alpha value is -1.33. The highest BCUT2D eigenvalue weighted by molar-refractivity contribution is 6.16. The summed E-state index contributed by atoms with van der Waals surface area (Å²) in [7, 11) is 1.60. The van der Waals surface area contributed by atoms with Crippen LogP contribution in [0.25, 0.3) is 11.2 Å². The Morgan fingerprint density at radius 1 is 1.30 bits per heavy atom. The summed E-state index contributed by atoms with van der Waals surface area (Å²) in [5.41, 5.74) is 1.27. The van der Waals surface area contributed by atoms with E-state index in [-0.39, 0.29) is 5.60 Å². The number of alkyl halides is 1. The second kappa shape index (κ2) is 5.97. The van der Waals surface area contributed by atoms with Crippen molar-refractivity contribution < 1.29 is 9.47 Å². The molecule has 0 saturated carbocycles. The topological polar surface area (TPSA) is 49.2 Å². The van der Waals surface area contributed by atoms with Gasteiger partial charge in [0.25, 0.3) is 0 Å². The van der Waals surface area contributed by atoms with Gasteiger partial charge < -0.3 is 14.0 Å². The summed E-state index contributed by atoms with van der Waals surface area (Å²) >= 11 is 6.00. The second-order valence-corrected chi connectivity index (χ2v) is 5.40. The number of fused-ring (bicyclic) bond motifs is 1. The Morgan fingerprint density at radius 3 is 2.65 bits per heavy atom. The molecule has 0 aromatic carbocycles. The van der Waals surface area contributed by atoms with Crippen LogP contribution >= 0.6 is 11.6 Å².